The molecule has 0 saturated heterocycles. The fraction of sp³-hybridized carbons (Fsp3) is 0.250. The highest BCUT2D eigenvalue weighted by Gasteiger charge is 2.19. The molecule has 0 amide bonds. The van der Waals surface area contributed by atoms with Crippen LogP contribution < -0.4 is 5.32 Å². The van der Waals surface area contributed by atoms with Crippen molar-refractivity contribution in [3.8, 4) is 0 Å². The molecule has 0 atom stereocenters. The second-order valence-corrected chi connectivity index (χ2v) is 6.89. The third-order valence-electron chi connectivity index (χ3n) is 3.38. The van der Waals surface area contributed by atoms with Gasteiger partial charge in [0.2, 0.25) is 0 Å². The molecule has 3 heterocycles. The molecule has 0 saturated carbocycles. The van der Waals surface area contributed by atoms with Crippen molar-refractivity contribution in [2.45, 2.75) is 26.3 Å². The molecule has 3 rings (SSSR count). The number of nitrogens with zero attached hydrogens (tertiary/aromatic N) is 1. The smallest absolute Gasteiger partial charge is 0.354 e. The van der Waals surface area contributed by atoms with E-state index >= 15 is 0 Å². The lowest BCUT2D eigenvalue weighted by Crippen LogP contribution is -2.04. The van der Waals surface area contributed by atoms with E-state index in [4.69, 9.17) is 4.42 Å². The summed E-state index contributed by atoms with van der Waals surface area (Å²) in [6.45, 7) is 2.67. The van der Waals surface area contributed by atoms with E-state index in [1.54, 1.807) is 11.3 Å². The highest BCUT2D eigenvalue weighted by Crippen LogP contribution is 2.35. The Kier molecular flexibility index (Phi) is 4.68. The lowest BCUT2D eigenvalue weighted by molar-refractivity contribution is 0.0691. The van der Waals surface area contributed by atoms with Crippen molar-refractivity contribution < 1.29 is 14.3 Å². The van der Waals surface area contributed by atoms with Crippen LogP contribution in [0.4, 0.5) is 5.69 Å². The van der Waals surface area contributed by atoms with E-state index in [9.17, 15) is 9.90 Å². The molecule has 3 aromatic rings. The number of carbonyl (C=O) groups is 1. The second kappa shape index (κ2) is 6.72. The van der Waals surface area contributed by atoms with E-state index in [1.165, 1.54) is 6.07 Å². The lowest BCUT2D eigenvalue weighted by Gasteiger charge is -2.06. The van der Waals surface area contributed by atoms with Gasteiger partial charge in [-0.25, -0.2) is 9.78 Å². The number of anilines is 1. The highest BCUT2D eigenvalue weighted by molar-refractivity contribution is 9.10. The monoisotopic (exact) mass is 394 g/mol. The summed E-state index contributed by atoms with van der Waals surface area (Å²) < 4.78 is 6.65. The van der Waals surface area contributed by atoms with Crippen LogP contribution in [0.2, 0.25) is 0 Å². The molecule has 7 heteroatoms. The molecule has 0 spiro atoms. The third kappa shape index (κ3) is 3.25. The Hall–Kier alpha value is -1.86. The minimum Gasteiger partial charge on any atom is -0.477 e. The Morgan fingerprint density at radius 1 is 1.52 bits per heavy atom. The van der Waals surface area contributed by atoms with Crippen LogP contribution in [0.25, 0.3) is 11.1 Å². The van der Waals surface area contributed by atoms with E-state index in [2.05, 4.69) is 33.2 Å². The molecule has 0 bridgehead atoms. The molecule has 0 fully saturated rings. The number of aryl methyl sites for hydroxylation is 1. The lowest BCUT2D eigenvalue weighted by atomic mass is 10.2. The Morgan fingerprint density at radius 3 is 3.00 bits per heavy atom. The van der Waals surface area contributed by atoms with Gasteiger partial charge in [0, 0.05) is 17.8 Å². The zero-order chi connectivity index (χ0) is 16.4. The standard InChI is InChI=1S/C16H15BrN2O3S/c1-2-4-12-13(17)14-15(22-12)10(7-11(19-14)16(20)21)18-8-9-5-3-6-23-9/h3,5-7H,2,4,8H2,1H3,(H,18,19)(H,20,21). The van der Waals surface area contributed by atoms with Gasteiger partial charge in [-0.05, 0) is 39.9 Å². The number of aromatic carboxylic acids is 1. The van der Waals surface area contributed by atoms with Gasteiger partial charge in [0.15, 0.2) is 11.3 Å². The van der Waals surface area contributed by atoms with Gasteiger partial charge in [-0.15, -0.1) is 11.3 Å². The number of pyridine rings is 1. The number of fused-ring (bicyclic) bond motifs is 1. The Morgan fingerprint density at radius 2 is 2.35 bits per heavy atom. The van der Waals surface area contributed by atoms with Gasteiger partial charge < -0.3 is 14.8 Å². The van der Waals surface area contributed by atoms with E-state index in [1.807, 2.05) is 17.5 Å². The normalized spacial score (nSPS) is 11.0. The van der Waals surface area contributed by atoms with Crippen LogP contribution in [0.5, 0.6) is 0 Å². The van der Waals surface area contributed by atoms with Gasteiger partial charge in [-0.3, -0.25) is 0 Å². The zero-order valence-electron chi connectivity index (χ0n) is 12.4. The van der Waals surface area contributed by atoms with Crippen LogP contribution in [-0.4, -0.2) is 16.1 Å². The predicted molar refractivity (Wildman–Crippen MR) is 94.3 cm³/mol. The summed E-state index contributed by atoms with van der Waals surface area (Å²) in [5, 5.41) is 14.6. The number of halogens is 1. The predicted octanol–water partition coefficient (Wildman–Crippen LogP) is 4.91. The molecule has 0 aliphatic carbocycles. The molecule has 2 N–H and O–H groups in total. The van der Waals surface area contributed by atoms with Gasteiger partial charge >= 0.3 is 5.97 Å². The van der Waals surface area contributed by atoms with Crippen molar-refractivity contribution in [3.05, 3.63) is 44.4 Å². The van der Waals surface area contributed by atoms with Crippen molar-refractivity contribution >= 4 is 50.0 Å². The quantitative estimate of drug-likeness (QED) is 0.620. The van der Waals surface area contributed by atoms with Crippen molar-refractivity contribution in [2.24, 2.45) is 0 Å². The third-order valence-corrected chi connectivity index (χ3v) is 5.07. The van der Waals surface area contributed by atoms with Crippen LogP contribution in [0.3, 0.4) is 0 Å². The summed E-state index contributed by atoms with van der Waals surface area (Å²) >= 11 is 5.13. The maximum absolute atomic E-state index is 11.3. The average molecular weight is 395 g/mol. The highest BCUT2D eigenvalue weighted by atomic mass is 79.9. The van der Waals surface area contributed by atoms with Crippen molar-refractivity contribution in [1.29, 1.82) is 0 Å². The second-order valence-electron chi connectivity index (χ2n) is 5.06. The number of rotatable bonds is 6. The molecule has 0 radical (unpaired) electrons. The van der Waals surface area contributed by atoms with Crippen LogP contribution in [-0.2, 0) is 13.0 Å². The first-order valence-electron chi connectivity index (χ1n) is 7.21. The Bertz CT molecular complexity index is 843. The fourth-order valence-electron chi connectivity index (χ4n) is 2.31. The number of hydrogen-bond acceptors (Lipinski definition) is 5. The molecule has 120 valence electrons. The van der Waals surface area contributed by atoms with E-state index in [0.717, 1.165) is 28.0 Å². The van der Waals surface area contributed by atoms with Gasteiger partial charge in [0.1, 0.15) is 11.3 Å². The van der Waals surface area contributed by atoms with Gasteiger partial charge in [-0.2, -0.15) is 0 Å². The molecular formula is C16H15BrN2O3S. The number of carboxylic acids is 1. The number of thiophene rings is 1. The number of carboxylic acid groups (broad SMARTS) is 1. The largest absolute Gasteiger partial charge is 0.477 e. The fourth-order valence-corrected chi connectivity index (χ4v) is 3.50. The molecule has 0 unspecified atom stereocenters. The van der Waals surface area contributed by atoms with Crippen LogP contribution >= 0.6 is 27.3 Å². The number of furan rings is 1. The number of nitrogens with one attached hydrogen (secondary N) is 1. The molecule has 5 nitrogen and oxygen atoms in total. The maximum Gasteiger partial charge on any atom is 0.354 e. The molecule has 3 aromatic heterocycles. The maximum atomic E-state index is 11.3. The summed E-state index contributed by atoms with van der Waals surface area (Å²) in [6.07, 6.45) is 1.70. The van der Waals surface area contributed by atoms with Crippen LogP contribution in [0.15, 0.2) is 32.5 Å². The Labute approximate surface area is 145 Å². The molecule has 0 aromatic carbocycles. The molecule has 23 heavy (non-hydrogen) atoms. The summed E-state index contributed by atoms with van der Waals surface area (Å²) in [7, 11) is 0. The van der Waals surface area contributed by atoms with Crippen molar-refractivity contribution in [2.75, 3.05) is 5.32 Å². The number of aromatic nitrogens is 1. The van der Waals surface area contributed by atoms with Crippen LogP contribution in [0.1, 0.15) is 34.5 Å². The first-order valence-corrected chi connectivity index (χ1v) is 8.89. The first kappa shape index (κ1) is 16.0. The van der Waals surface area contributed by atoms with Gasteiger partial charge in [0.05, 0.1) is 10.2 Å². The topological polar surface area (TPSA) is 75.4 Å². The number of hydrogen-bond donors (Lipinski definition) is 2. The minimum atomic E-state index is -1.06. The molecule has 0 aliphatic rings. The van der Waals surface area contributed by atoms with Crippen molar-refractivity contribution in [3.63, 3.8) is 0 Å². The summed E-state index contributed by atoms with van der Waals surface area (Å²) in [4.78, 5) is 16.7. The van der Waals surface area contributed by atoms with Crippen molar-refractivity contribution in [1.82, 2.24) is 4.98 Å². The molecule has 0 aliphatic heterocycles. The van der Waals surface area contributed by atoms with Gasteiger partial charge in [-0.1, -0.05) is 13.0 Å². The van der Waals surface area contributed by atoms with E-state index in [-0.39, 0.29) is 5.69 Å². The molecular weight excluding hydrogens is 380 g/mol. The van der Waals surface area contributed by atoms with E-state index in [0.29, 0.717) is 23.3 Å². The Balaban J connectivity index is 2.05. The van der Waals surface area contributed by atoms with Gasteiger partial charge in [0.25, 0.3) is 0 Å². The summed E-state index contributed by atoms with van der Waals surface area (Å²) in [5.74, 6) is -0.270. The summed E-state index contributed by atoms with van der Waals surface area (Å²) in [5.41, 5.74) is 1.77. The minimum absolute atomic E-state index is 0.00396. The van der Waals surface area contributed by atoms with Crippen LogP contribution in [0, 0.1) is 0 Å². The first-order chi connectivity index (χ1) is 11.1. The zero-order valence-corrected chi connectivity index (χ0v) is 14.8. The van der Waals surface area contributed by atoms with E-state index < -0.39 is 5.97 Å². The summed E-state index contributed by atoms with van der Waals surface area (Å²) in [6, 6.07) is 5.52. The average Bonchev–Trinajstić information content (AvgIpc) is 3.15. The SMILES string of the molecule is CCCc1oc2c(NCc3cccs3)cc(C(=O)O)nc2c1Br.